The molecule has 2 rings (SSSR count). The van der Waals surface area contributed by atoms with E-state index in [9.17, 15) is 0 Å². The van der Waals surface area contributed by atoms with Crippen molar-refractivity contribution in [2.45, 2.75) is 6.54 Å². The SMILES string of the molecule is CN(C)Cc1cc2cccc(Br)c2n1C. The van der Waals surface area contributed by atoms with E-state index in [4.69, 9.17) is 0 Å². The zero-order valence-electron chi connectivity index (χ0n) is 9.29. The van der Waals surface area contributed by atoms with Crippen molar-refractivity contribution in [3.05, 3.63) is 34.4 Å². The molecule has 1 aromatic heterocycles. The lowest BCUT2D eigenvalue weighted by Gasteiger charge is -2.10. The zero-order chi connectivity index (χ0) is 11.0. The molecule has 0 N–H and O–H groups in total. The smallest absolute Gasteiger partial charge is 0.0624 e. The molecule has 0 spiro atoms. The molecule has 0 saturated carbocycles. The zero-order valence-corrected chi connectivity index (χ0v) is 10.9. The molecule has 0 radical (unpaired) electrons. The fourth-order valence-electron chi connectivity index (χ4n) is 1.90. The van der Waals surface area contributed by atoms with Gasteiger partial charge in [-0.3, -0.25) is 0 Å². The van der Waals surface area contributed by atoms with Crippen molar-refractivity contribution >= 4 is 26.8 Å². The Kier molecular flexibility index (Phi) is 2.85. The number of halogens is 1. The fourth-order valence-corrected chi connectivity index (χ4v) is 2.55. The highest BCUT2D eigenvalue weighted by Gasteiger charge is 2.08. The molecule has 0 aliphatic heterocycles. The summed E-state index contributed by atoms with van der Waals surface area (Å²) in [4.78, 5) is 2.18. The fraction of sp³-hybridized carbons (Fsp3) is 0.333. The minimum absolute atomic E-state index is 0.970. The van der Waals surface area contributed by atoms with E-state index in [0.29, 0.717) is 0 Å². The maximum Gasteiger partial charge on any atom is 0.0624 e. The first-order valence-electron chi connectivity index (χ1n) is 4.97. The molecule has 15 heavy (non-hydrogen) atoms. The third-order valence-corrected chi connectivity index (χ3v) is 3.22. The van der Waals surface area contributed by atoms with Gasteiger partial charge in [0.2, 0.25) is 0 Å². The Bertz CT molecular complexity index is 486. The predicted octanol–water partition coefficient (Wildman–Crippen LogP) is 3.00. The first kappa shape index (κ1) is 10.7. The molecule has 0 aliphatic carbocycles. The molecular formula is C12H15BrN2. The van der Waals surface area contributed by atoms with Crippen LogP contribution in [0.25, 0.3) is 10.9 Å². The number of hydrogen-bond acceptors (Lipinski definition) is 1. The van der Waals surface area contributed by atoms with Gasteiger partial charge in [0.15, 0.2) is 0 Å². The van der Waals surface area contributed by atoms with Crippen LogP contribution in [0, 0.1) is 0 Å². The minimum atomic E-state index is 0.970. The van der Waals surface area contributed by atoms with Gasteiger partial charge in [0.1, 0.15) is 0 Å². The van der Waals surface area contributed by atoms with Crippen molar-refractivity contribution in [2.24, 2.45) is 7.05 Å². The maximum absolute atomic E-state index is 3.59. The second kappa shape index (κ2) is 3.99. The summed E-state index contributed by atoms with van der Waals surface area (Å²) in [6.45, 7) is 0.970. The highest BCUT2D eigenvalue weighted by Crippen LogP contribution is 2.26. The lowest BCUT2D eigenvalue weighted by Crippen LogP contribution is -2.13. The highest BCUT2D eigenvalue weighted by molar-refractivity contribution is 9.10. The molecule has 0 amide bonds. The average molecular weight is 267 g/mol. The monoisotopic (exact) mass is 266 g/mol. The molecule has 0 saturated heterocycles. The molecule has 2 aromatic rings. The summed E-state index contributed by atoms with van der Waals surface area (Å²) in [5, 5.41) is 1.30. The van der Waals surface area contributed by atoms with Crippen LogP contribution in [0.15, 0.2) is 28.7 Å². The van der Waals surface area contributed by atoms with Crippen LogP contribution in [0.3, 0.4) is 0 Å². The normalized spacial score (nSPS) is 11.5. The number of fused-ring (bicyclic) bond motifs is 1. The largest absolute Gasteiger partial charge is 0.345 e. The van der Waals surface area contributed by atoms with E-state index in [1.165, 1.54) is 16.6 Å². The molecule has 2 nitrogen and oxygen atoms in total. The summed E-state index contributed by atoms with van der Waals surface area (Å²) >= 11 is 3.59. The third kappa shape index (κ3) is 1.94. The average Bonchev–Trinajstić information content (AvgIpc) is 2.44. The molecule has 1 heterocycles. The van der Waals surface area contributed by atoms with Gasteiger partial charge in [0, 0.05) is 29.1 Å². The van der Waals surface area contributed by atoms with Gasteiger partial charge in [-0.15, -0.1) is 0 Å². The Morgan fingerprint density at radius 3 is 2.67 bits per heavy atom. The van der Waals surface area contributed by atoms with Crippen molar-refractivity contribution in [1.82, 2.24) is 9.47 Å². The first-order valence-corrected chi connectivity index (χ1v) is 5.76. The number of nitrogens with zero attached hydrogens (tertiary/aromatic N) is 2. The van der Waals surface area contributed by atoms with Gasteiger partial charge >= 0.3 is 0 Å². The van der Waals surface area contributed by atoms with E-state index in [2.05, 4.69) is 70.8 Å². The molecule has 0 bridgehead atoms. The van der Waals surface area contributed by atoms with Crippen LogP contribution in [0.4, 0.5) is 0 Å². The first-order chi connectivity index (χ1) is 7.09. The van der Waals surface area contributed by atoms with Gasteiger partial charge in [-0.05, 0) is 42.2 Å². The second-order valence-electron chi connectivity index (χ2n) is 4.11. The minimum Gasteiger partial charge on any atom is -0.345 e. The van der Waals surface area contributed by atoms with Crippen molar-refractivity contribution in [3.63, 3.8) is 0 Å². The Hall–Kier alpha value is -0.800. The summed E-state index contributed by atoms with van der Waals surface area (Å²) in [7, 11) is 6.30. The highest BCUT2D eigenvalue weighted by atomic mass is 79.9. The summed E-state index contributed by atoms with van der Waals surface area (Å²) < 4.78 is 3.41. The number of aryl methyl sites for hydroxylation is 1. The Labute approximate surface area is 98.6 Å². The van der Waals surface area contributed by atoms with Crippen molar-refractivity contribution < 1.29 is 0 Å². The van der Waals surface area contributed by atoms with E-state index in [-0.39, 0.29) is 0 Å². The van der Waals surface area contributed by atoms with Gasteiger partial charge in [-0.2, -0.15) is 0 Å². The Balaban J connectivity index is 2.59. The van der Waals surface area contributed by atoms with Crippen LogP contribution in [0.2, 0.25) is 0 Å². The Morgan fingerprint density at radius 2 is 2.07 bits per heavy atom. The standard InChI is InChI=1S/C12H15BrN2/c1-14(2)8-10-7-9-5-4-6-11(13)12(9)15(10)3/h4-7H,8H2,1-3H3. The number of benzene rings is 1. The van der Waals surface area contributed by atoms with E-state index in [0.717, 1.165) is 11.0 Å². The summed E-state index contributed by atoms with van der Waals surface area (Å²) in [6, 6.07) is 8.56. The molecule has 0 atom stereocenters. The molecule has 0 fully saturated rings. The molecule has 80 valence electrons. The number of aromatic nitrogens is 1. The maximum atomic E-state index is 3.59. The van der Waals surface area contributed by atoms with Gasteiger partial charge in [0.25, 0.3) is 0 Å². The van der Waals surface area contributed by atoms with Crippen LogP contribution in [-0.4, -0.2) is 23.6 Å². The number of para-hydroxylation sites is 1. The summed E-state index contributed by atoms with van der Waals surface area (Å²) in [5.74, 6) is 0. The van der Waals surface area contributed by atoms with Crippen LogP contribution in [0.5, 0.6) is 0 Å². The molecule has 1 aromatic carbocycles. The van der Waals surface area contributed by atoms with Gasteiger partial charge < -0.3 is 9.47 Å². The molecule has 0 aliphatic rings. The topological polar surface area (TPSA) is 8.17 Å². The van der Waals surface area contributed by atoms with E-state index in [1.54, 1.807) is 0 Å². The van der Waals surface area contributed by atoms with Gasteiger partial charge in [-0.25, -0.2) is 0 Å². The third-order valence-electron chi connectivity index (χ3n) is 2.58. The number of hydrogen-bond donors (Lipinski definition) is 0. The second-order valence-corrected chi connectivity index (χ2v) is 4.96. The van der Waals surface area contributed by atoms with Gasteiger partial charge in [-0.1, -0.05) is 12.1 Å². The van der Waals surface area contributed by atoms with Crippen molar-refractivity contribution in [2.75, 3.05) is 14.1 Å². The molecular weight excluding hydrogens is 252 g/mol. The van der Waals surface area contributed by atoms with Crippen molar-refractivity contribution in [3.8, 4) is 0 Å². The van der Waals surface area contributed by atoms with E-state index >= 15 is 0 Å². The molecule has 3 heteroatoms. The quantitative estimate of drug-likeness (QED) is 0.812. The van der Waals surface area contributed by atoms with E-state index < -0.39 is 0 Å². The summed E-state index contributed by atoms with van der Waals surface area (Å²) in [6.07, 6.45) is 0. The number of rotatable bonds is 2. The van der Waals surface area contributed by atoms with Crippen LogP contribution in [-0.2, 0) is 13.6 Å². The lowest BCUT2D eigenvalue weighted by atomic mass is 10.2. The summed E-state index contributed by atoms with van der Waals surface area (Å²) in [5.41, 5.74) is 2.61. The van der Waals surface area contributed by atoms with E-state index in [1.807, 2.05) is 0 Å². The van der Waals surface area contributed by atoms with Crippen LogP contribution in [0.1, 0.15) is 5.69 Å². The Morgan fingerprint density at radius 1 is 1.33 bits per heavy atom. The van der Waals surface area contributed by atoms with Crippen LogP contribution < -0.4 is 0 Å². The predicted molar refractivity (Wildman–Crippen MR) is 68.0 cm³/mol. The lowest BCUT2D eigenvalue weighted by molar-refractivity contribution is 0.392. The van der Waals surface area contributed by atoms with Crippen LogP contribution >= 0.6 is 15.9 Å². The molecule has 0 unspecified atom stereocenters. The van der Waals surface area contributed by atoms with Gasteiger partial charge in [0.05, 0.1) is 5.52 Å². The van der Waals surface area contributed by atoms with Crippen molar-refractivity contribution in [1.29, 1.82) is 0 Å².